The quantitative estimate of drug-likeness (QED) is 0.623. The molecule has 0 spiro atoms. The first kappa shape index (κ1) is 18.4. The predicted molar refractivity (Wildman–Crippen MR) is 114 cm³/mol. The molecule has 10 heteroatoms. The van der Waals surface area contributed by atoms with Gasteiger partial charge in [0.15, 0.2) is 0 Å². The lowest BCUT2D eigenvalue weighted by molar-refractivity contribution is 0.0755. The SMILES string of the molecule is O=C(c1ccc2c(c1)S(=O)(=O)Nc1ncnn1-2)N1CCCN2c3ccccc3CC2C1. The zero-order valence-corrected chi connectivity index (χ0v) is 17.4. The molecule has 1 amide bonds. The number of hydrogen-bond donors (Lipinski definition) is 1. The van der Waals surface area contributed by atoms with Crippen LogP contribution < -0.4 is 9.62 Å². The maximum absolute atomic E-state index is 13.4. The number of anilines is 2. The van der Waals surface area contributed by atoms with Crippen molar-refractivity contribution < 1.29 is 13.2 Å². The van der Waals surface area contributed by atoms with E-state index in [1.165, 1.54) is 28.3 Å². The monoisotopic (exact) mass is 436 g/mol. The van der Waals surface area contributed by atoms with Gasteiger partial charge in [0.2, 0.25) is 5.95 Å². The number of carbonyl (C=O) groups excluding carboxylic acids is 1. The molecular weight excluding hydrogens is 416 g/mol. The van der Waals surface area contributed by atoms with Crippen LogP contribution in [-0.2, 0) is 16.4 Å². The van der Waals surface area contributed by atoms with Crippen molar-refractivity contribution in [3.8, 4) is 5.69 Å². The molecule has 0 aliphatic carbocycles. The molecule has 6 rings (SSSR count). The Kier molecular flexibility index (Phi) is 3.88. The number of sulfonamides is 1. The van der Waals surface area contributed by atoms with Crippen LogP contribution in [0.25, 0.3) is 5.69 Å². The summed E-state index contributed by atoms with van der Waals surface area (Å²) in [7, 11) is -3.82. The van der Waals surface area contributed by atoms with Crippen molar-refractivity contribution in [1.82, 2.24) is 19.7 Å². The van der Waals surface area contributed by atoms with Gasteiger partial charge in [0.25, 0.3) is 15.9 Å². The lowest BCUT2D eigenvalue weighted by atomic mass is 10.1. The molecule has 1 aromatic heterocycles. The number of aromatic nitrogens is 3. The summed E-state index contributed by atoms with van der Waals surface area (Å²) in [5, 5.41) is 4.07. The van der Waals surface area contributed by atoms with E-state index in [1.807, 2.05) is 4.90 Å². The second-order valence-corrected chi connectivity index (χ2v) is 9.72. The first-order chi connectivity index (χ1) is 15.0. The van der Waals surface area contributed by atoms with Crippen LogP contribution in [0.1, 0.15) is 22.3 Å². The minimum atomic E-state index is -3.82. The fourth-order valence-electron chi connectivity index (χ4n) is 4.84. The van der Waals surface area contributed by atoms with Gasteiger partial charge >= 0.3 is 0 Å². The second kappa shape index (κ2) is 6.55. The third-order valence-corrected chi connectivity index (χ3v) is 7.60. The molecule has 9 nitrogen and oxygen atoms in total. The maximum atomic E-state index is 13.4. The zero-order valence-electron chi connectivity index (χ0n) is 16.6. The van der Waals surface area contributed by atoms with E-state index in [0.29, 0.717) is 24.3 Å². The van der Waals surface area contributed by atoms with Gasteiger partial charge in [0, 0.05) is 30.9 Å². The summed E-state index contributed by atoms with van der Waals surface area (Å²) in [6.07, 6.45) is 3.07. The largest absolute Gasteiger partial charge is 0.366 e. The molecule has 0 saturated carbocycles. The molecule has 0 radical (unpaired) electrons. The van der Waals surface area contributed by atoms with E-state index in [1.54, 1.807) is 12.1 Å². The van der Waals surface area contributed by atoms with Crippen molar-refractivity contribution in [2.75, 3.05) is 29.3 Å². The normalized spacial score (nSPS) is 20.7. The van der Waals surface area contributed by atoms with Gasteiger partial charge in [0.1, 0.15) is 11.2 Å². The van der Waals surface area contributed by atoms with Gasteiger partial charge < -0.3 is 9.80 Å². The summed E-state index contributed by atoms with van der Waals surface area (Å²) in [5.74, 6) is -0.0137. The highest BCUT2D eigenvalue weighted by atomic mass is 32.2. The Bertz CT molecular complexity index is 1320. The van der Waals surface area contributed by atoms with E-state index in [9.17, 15) is 13.2 Å². The summed E-state index contributed by atoms with van der Waals surface area (Å²) in [4.78, 5) is 21.6. The highest BCUT2D eigenvalue weighted by Crippen LogP contribution is 2.34. The third-order valence-electron chi connectivity index (χ3n) is 6.24. The van der Waals surface area contributed by atoms with Crippen LogP contribution in [0.4, 0.5) is 11.6 Å². The fourth-order valence-corrected chi connectivity index (χ4v) is 6.04. The van der Waals surface area contributed by atoms with Crippen molar-refractivity contribution >= 4 is 27.6 Å². The number of benzene rings is 2. The van der Waals surface area contributed by atoms with Crippen LogP contribution in [0.5, 0.6) is 0 Å². The van der Waals surface area contributed by atoms with Crippen molar-refractivity contribution in [1.29, 1.82) is 0 Å². The van der Waals surface area contributed by atoms with Crippen LogP contribution in [-0.4, -0.2) is 59.7 Å². The summed E-state index contributed by atoms with van der Waals surface area (Å²) in [6, 6.07) is 13.4. The minimum Gasteiger partial charge on any atom is -0.366 e. The average molecular weight is 436 g/mol. The molecule has 4 heterocycles. The van der Waals surface area contributed by atoms with E-state index in [0.717, 1.165) is 19.4 Å². The van der Waals surface area contributed by atoms with Crippen LogP contribution >= 0.6 is 0 Å². The maximum Gasteiger partial charge on any atom is 0.266 e. The summed E-state index contributed by atoms with van der Waals surface area (Å²) >= 11 is 0. The number of hydrogen-bond acceptors (Lipinski definition) is 6. The van der Waals surface area contributed by atoms with E-state index in [-0.39, 0.29) is 22.8 Å². The third kappa shape index (κ3) is 2.82. The Morgan fingerprint density at radius 3 is 2.87 bits per heavy atom. The minimum absolute atomic E-state index is 0.0288. The average Bonchev–Trinajstić information content (AvgIpc) is 3.30. The highest BCUT2D eigenvalue weighted by molar-refractivity contribution is 7.93. The van der Waals surface area contributed by atoms with E-state index < -0.39 is 10.0 Å². The molecule has 1 atom stereocenters. The molecule has 1 N–H and O–H groups in total. The van der Waals surface area contributed by atoms with E-state index >= 15 is 0 Å². The molecule has 0 bridgehead atoms. The van der Waals surface area contributed by atoms with Gasteiger partial charge in [-0.1, -0.05) is 18.2 Å². The number of carbonyl (C=O) groups is 1. The predicted octanol–water partition coefficient (Wildman–Crippen LogP) is 1.66. The standard InChI is InChI=1S/C21H20N6O3S/c28-20(25-8-3-9-26-16(12-25)10-14-4-1-2-5-17(14)26)15-6-7-18-19(11-15)31(29,30)24-21-22-13-23-27(18)21/h1-2,4-7,11,13,16H,3,8-10,12H2,(H,22,23,24). The van der Waals surface area contributed by atoms with Gasteiger partial charge in [0.05, 0.1) is 11.7 Å². The number of nitrogens with zero attached hydrogens (tertiary/aromatic N) is 5. The first-order valence-corrected chi connectivity index (χ1v) is 11.7. The van der Waals surface area contributed by atoms with Crippen LogP contribution in [0.3, 0.4) is 0 Å². The molecule has 3 aliphatic heterocycles. The first-order valence-electron chi connectivity index (χ1n) is 10.2. The Morgan fingerprint density at radius 1 is 1.10 bits per heavy atom. The number of rotatable bonds is 1. The second-order valence-electron chi connectivity index (χ2n) is 8.07. The molecule has 1 fully saturated rings. The van der Waals surface area contributed by atoms with Crippen molar-refractivity contribution in [3.63, 3.8) is 0 Å². The molecular formula is C21H20N6O3S. The Balaban J connectivity index is 1.31. The van der Waals surface area contributed by atoms with Crippen molar-refractivity contribution in [3.05, 3.63) is 59.9 Å². The molecule has 158 valence electrons. The molecule has 1 saturated heterocycles. The summed E-state index contributed by atoms with van der Waals surface area (Å²) in [6.45, 7) is 2.16. The van der Waals surface area contributed by atoms with Crippen molar-refractivity contribution in [2.24, 2.45) is 0 Å². The van der Waals surface area contributed by atoms with Crippen molar-refractivity contribution in [2.45, 2.75) is 23.8 Å². The molecule has 1 unspecified atom stereocenters. The van der Waals surface area contributed by atoms with E-state index in [4.69, 9.17) is 0 Å². The molecule has 2 aromatic carbocycles. The van der Waals surface area contributed by atoms with E-state index in [2.05, 4.69) is 44.0 Å². The van der Waals surface area contributed by atoms with Gasteiger partial charge in [-0.3, -0.25) is 4.79 Å². The van der Waals surface area contributed by atoms with Crippen LogP contribution in [0, 0.1) is 0 Å². The van der Waals surface area contributed by atoms with Gasteiger partial charge in [-0.15, -0.1) is 0 Å². The van der Waals surface area contributed by atoms with Crippen LogP contribution in [0.15, 0.2) is 53.7 Å². The summed E-state index contributed by atoms with van der Waals surface area (Å²) in [5.41, 5.74) is 3.32. The van der Waals surface area contributed by atoms with Crippen LogP contribution in [0.2, 0.25) is 0 Å². The zero-order chi connectivity index (χ0) is 21.2. The molecule has 3 aromatic rings. The lowest BCUT2D eigenvalue weighted by Gasteiger charge is -2.28. The summed E-state index contributed by atoms with van der Waals surface area (Å²) < 4.78 is 29.2. The van der Waals surface area contributed by atoms with Gasteiger partial charge in [-0.25, -0.2) is 13.1 Å². The Morgan fingerprint density at radius 2 is 1.97 bits per heavy atom. The highest BCUT2D eigenvalue weighted by Gasteiger charge is 2.35. The Labute approximate surface area is 179 Å². The van der Waals surface area contributed by atoms with Gasteiger partial charge in [-0.2, -0.15) is 14.8 Å². The van der Waals surface area contributed by atoms with Gasteiger partial charge in [-0.05, 0) is 42.7 Å². The Hall–Kier alpha value is -3.40. The number of nitrogens with one attached hydrogen (secondary N) is 1. The smallest absolute Gasteiger partial charge is 0.266 e. The lowest BCUT2D eigenvalue weighted by Crippen LogP contribution is -2.41. The number of fused-ring (bicyclic) bond motifs is 6. The number of para-hydroxylation sites is 1. The number of amides is 1. The topological polar surface area (TPSA) is 100 Å². The molecule has 31 heavy (non-hydrogen) atoms. The molecule has 3 aliphatic rings. The fraction of sp³-hybridized carbons (Fsp3) is 0.286.